The molecule has 1 saturated carbocycles. The van der Waals surface area contributed by atoms with Gasteiger partial charge in [0.15, 0.2) is 0 Å². The summed E-state index contributed by atoms with van der Waals surface area (Å²) in [5.41, 5.74) is 2.67. The molecule has 1 aromatic heterocycles. The lowest BCUT2D eigenvalue weighted by molar-refractivity contribution is -0.126. The molecule has 0 atom stereocenters. The molecule has 0 spiro atoms. The number of carbonyl (C=O) groups is 2. The first-order chi connectivity index (χ1) is 12.7. The zero-order valence-electron chi connectivity index (χ0n) is 14.8. The van der Waals surface area contributed by atoms with Crippen LogP contribution in [-0.2, 0) is 11.3 Å². The molecule has 0 bridgehead atoms. The Labute approximate surface area is 153 Å². The molecule has 2 fully saturated rings. The van der Waals surface area contributed by atoms with E-state index in [1.165, 1.54) is 12.8 Å². The van der Waals surface area contributed by atoms with Gasteiger partial charge in [-0.05, 0) is 37.3 Å². The maximum atomic E-state index is 12.6. The highest BCUT2D eigenvalue weighted by molar-refractivity contribution is 5.92. The van der Waals surface area contributed by atoms with Crippen LogP contribution in [0.4, 0.5) is 0 Å². The highest BCUT2D eigenvalue weighted by Crippen LogP contribution is 2.39. The zero-order chi connectivity index (χ0) is 17.9. The standard InChI is InChI=1S/C20H24N4O2/c25-19(21-13-14-4-2-1-3-5-14)16-8-10-24(11-9-16)20(26)18-12-17(22-23-18)15-6-7-15/h1-5,12,15-16H,6-11,13H2,(H,21,25)(H,22,23). The van der Waals surface area contributed by atoms with Gasteiger partial charge in [-0.15, -0.1) is 0 Å². The summed E-state index contributed by atoms with van der Waals surface area (Å²) in [5.74, 6) is 0.583. The number of aromatic amines is 1. The fourth-order valence-electron chi connectivity index (χ4n) is 3.49. The predicted octanol–water partition coefficient (Wildman–Crippen LogP) is 2.46. The molecule has 1 aromatic carbocycles. The van der Waals surface area contributed by atoms with Gasteiger partial charge in [-0.3, -0.25) is 14.7 Å². The Morgan fingerprint density at radius 3 is 2.54 bits per heavy atom. The first kappa shape index (κ1) is 16.8. The summed E-state index contributed by atoms with van der Waals surface area (Å²) in [4.78, 5) is 26.8. The summed E-state index contributed by atoms with van der Waals surface area (Å²) >= 11 is 0. The first-order valence-corrected chi connectivity index (χ1v) is 9.37. The number of amides is 2. The highest BCUT2D eigenvalue weighted by Gasteiger charge is 2.30. The van der Waals surface area contributed by atoms with Crippen LogP contribution in [0.2, 0.25) is 0 Å². The molecule has 26 heavy (non-hydrogen) atoms. The molecule has 2 N–H and O–H groups in total. The van der Waals surface area contributed by atoms with E-state index in [2.05, 4.69) is 15.5 Å². The number of H-pyrrole nitrogens is 1. The second-order valence-electron chi connectivity index (χ2n) is 7.25. The number of hydrogen-bond acceptors (Lipinski definition) is 3. The van der Waals surface area contributed by atoms with Crippen molar-refractivity contribution in [2.24, 2.45) is 5.92 Å². The summed E-state index contributed by atoms with van der Waals surface area (Å²) in [6.45, 7) is 1.76. The van der Waals surface area contributed by atoms with E-state index in [1.54, 1.807) is 0 Å². The number of nitrogens with zero attached hydrogens (tertiary/aromatic N) is 2. The quantitative estimate of drug-likeness (QED) is 0.868. The van der Waals surface area contributed by atoms with Crippen LogP contribution in [0.25, 0.3) is 0 Å². The van der Waals surface area contributed by atoms with Gasteiger partial charge in [0.1, 0.15) is 5.69 Å². The number of piperidine rings is 1. The Balaban J connectivity index is 1.26. The third-order valence-corrected chi connectivity index (χ3v) is 5.30. The number of nitrogens with one attached hydrogen (secondary N) is 2. The van der Waals surface area contributed by atoms with Gasteiger partial charge in [0.25, 0.3) is 5.91 Å². The lowest BCUT2D eigenvalue weighted by Crippen LogP contribution is -2.43. The molecule has 6 heteroatoms. The van der Waals surface area contributed by atoms with Gasteiger partial charge in [0, 0.05) is 37.2 Å². The van der Waals surface area contributed by atoms with Crippen LogP contribution in [0, 0.1) is 5.92 Å². The molecule has 2 aliphatic rings. The average molecular weight is 352 g/mol. The van der Waals surface area contributed by atoms with Crippen molar-refractivity contribution < 1.29 is 9.59 Å². The Kier molecular flexibility index (Phi) is 4.73. The molecule has 4 rings (SSSR count). The second-order valence-corrected chi connectivity index (χ2v) is 7.25. The van der Waals surface area contributed by atoms with Crippen LogP contribution in [-0.4, -0.2) is 40.0 Å². The normalized spacial score (nSPS) is 17.9. The molecule has 0 unspecified atom stereocenters. The van der Waals surface area contributed by atoms with Crippen molar-refractivity contribution >= 4 is 11.8 Å². The topological polar surface area (TPSA) is 78.1 Å². The van der Waals surface area contributed by atoms with Gasteiger partial charge in [0.05, 0.1) is 0 Å². The highest BCUT2D eigenvalue weighted by atomic mass is 16.2. The Morgan fingerprint density at radius 1 is 1.12 bits per heavy atom. The van der Waals surface area contributed by atoms with Crippen LogP contribution in [0.3, 0.4) is 0 Å². The third kappa shape index (κ3) is 3.79. The number of likely N-dealkylation sites (tertiary alicyclic amines) is 1. The molecule has 0 radical (unpaired) electrons. The van der Waals surface area contributed by atoms with E-state index in [-0.39, 0.29) is 17.7 Å². The van der Waals surface area contributed by atoms with Crippen molar-refractivity contribution in [1.29, 1.82) is 0 Å². The van der Waals surface area contributed by atoms with E-state index >= 15 is 0 Å². The first-order valence-electron chi connectivity index (χ1n) is 9.37. The number of hydrogen-bond donors (Lipinski definition) is 2. The molecule has 6 nitrogen and oxygen atoms in total. The lowest BCUT2D eigenvalue weighted by atomic mass is 9.95. The molecule has 1 saturated heterocycles. The molecule has 2 aromatic rings. The van der Waals surface area contributed by atoms with Crippen LogP contribution in [0.1, 0.15) is 53.3 Å². The number of rotatable bonds is 5. The van der Waals surface area contributed by atoms with Gasteiger partial charge < -0.3 is 10.2 Å². The average Bonchev–Trinajstić information content (AvgIpc) is 3.43. The van der Waals surface area contributed by atoms with Crippen molar-refractivity contribution in [3.8, 4) is 0 Å². The predicted molar refractivity (Wildman–Crippen MR) is 97.5 cm³/mol. The fraction of sp³-hybridized carbons (Fsp3) is 0.450. The summed E-state index contributed by atoms with van der Waals surface area (Å²) in [7, 11) is 0. The smallest absolute Gasteiger partial charge is 0.274 e. The molecule has 1 aliphatic heterocycles. The van der Waals surface area contributed by atoms with Crippen molar-refractivity contribution in [2.45, 2.75) is 38.1 Å². The van der Waals surface area contributed by atoms with Crippen molar-refractivity contribution in [3.05, 3.63) is 53.3 Å². The molecule has 2 heterocycles. The van der Waals surface area contributed by atoms with Crippen LogP contribution in [0.15, 0.2) is 36.4 Å². The summed E-state index contributed by atoms with van der Waals surface area (Å²) in [6.07, 6.45) is 3.76. The largest absolute Gasteiger partial charge is 0.352 e. The minimum absolute atomic E-state index is 0.0241. The molecule has 136 valence electrons. The van der Waals surface area contributed by atoms with Crippen LogP contribution >= 0.6 is 0 Å². The van der Waals surface area contributed by atoms with E-state index < -0.39 is 0 Å². The SMILES string of the molecule is O=C(NCc1ccccc1)C1CCN(C(=O)c2cc(C3CC3)[nH]n2)CC1. The lowest BCUT2D eigenvalue weighted by Gasteiger charge is -2.30. The monoisotopic (exact) mass is 352 g/mol. The maximum absolute atomic E-state index is 12.6. The van der Waals surface area contributed by atoms with Crippen molar-refractivity contribution in [1.82, 2.24) is 20.4 Å². The Hall–Kier alpha value is -2.63. The molecular weight excluding hydrogens is 328 g/mol. The van der Waals surface area contributed by atoms with E-state index in [9.17, 15) is 9.59 Å². The van der Waals surface area contributed by atoms with Crippen LogP contribution in [0.5, 0.6) is 0 Å². The second kappa shape index (κ2) is 7.32. The summed E-state index contributed by atoms with van der Waals surface area (Å²) in [5, 5.41) is 10.2. The number of carbonyl (C=O) groups excluding carboxylic acids is 2. The minimum atomic E-state index is -0.0312. The van der Waals surface area contributed by atoms with Gasteiger partial charge in [-0.2, -0.15) is 5.10 Å². The summed E-state index contributed by atoms with van der Waals surface area (Å²) < 4.78 is 0. The van der Waals surface area contributed by atoms with Gasteiger partial charge in [-0.25, -0.2) is 0 Å². The van der Waals surface area contributed by atoms with E-state index in [0.717, 1.165) is 11.3 Å². The van der Waals surface area contributed by atoms with Crippen molar-refractivity contribution in [2.75, 3.05) is 13.1 Å². The summed E-state index contributed by atoms with van der Waals surface area (Å²) in [6, 6.07) is 11.8. The Bertz CT molecular complexity index is 774. The van der Waals surface area contributed by atoms with Crippen LogP contribution < -0.4 is 5.32 Å². The molecular formula is C20H24N4O2. The minimum Gasteiger partial charge on any atom is -0.352 e. The molecule has 2 amide bonds. The van der Waals surface area contributed by atoms with Gasteiger partial charge >= 0.3 is 0 Å². The number of benzene rings is 1. The van der Waals surface area contributed by atoms with E-state index in [4.69, 9.17) is 0 Å². The maximum Gasteiger partial charge on any atom is 0.274 e. The Morgan fingerprint density at radius 2 is 1.85 bits per heavy atom. The number of aromatic nitrogens is 2. The zero-order valence-corrected chi connectivity index (χ0v) is 14.8. The fourth-order valence-corrected chi connectivity index (χ4v) is 3.49. The van der Waals surface area contributed by atoms with E-state index in [1.807, 2.05) is 41.3 Å². The van der Waals surface area contributed by atoms with E-state index in [0.29, 0.717) is 44.1 Å². The van der Waals surface area contributed by atoms with Gasteiger partial charge in [0.2, 0.25) is 5.91 Å². The third-order valence-electron chi connectivity index (χ3n) is 5.30. The van der Waals surface area contributed by atoms with Gasteiger partial charge in [-0.1, -0.05) is 30.3 Å². The van der Waals surface area contributed by atoms with Crippen molar-refractivity contribution in [3.63, 3.8) is 0 Å². The molecule has 1 aliphatic carbocycles.